The number of nitrogens with zero attached hydrogens (tertiary/aromatic N) is 1. The summed E-state index contributed by atoms with van der Waals surface area (Å²) >= 11 is 3.22. The second-order valence-corrected chi connectivity index (χ2v) is 3.08. The van der Waals surface area contributed by atoms with Gasteiger partial charge in [-0.05, 0) is 18.1 Å². The van der Waals surface area contributed by atoms with Crippen molar-refractivity contribution in [2.45, 2.75) is 13.3 Å². The zero-order valence-corrected chi connectivity index (χ0v) is 8.56. The van der Waals surface area contributed by atoms with E-state index in [1.165, 1.54) is 5.56 Å². The number of halogens is 1. The SMILES string of the molecule is CCc1ccc(C(=N)CBr)nc1. The maximum Gasteiger partial charge on any atom is 0.0846 e. The zero-order valence-electron chi connectivity index (χ0n) is 6.97. The van der Waals surface area contributed by atoms with E-state index in [0.29, 0.717) is 11.0 Å². The number of nitrogens with one attached hydrogen (secondary N) is 1. The molecule has 1 aromatic heterocycles. The third kappa shape index (κ3) is 2.14. The van der Waals surface area contributed by atoms with Gasteiger partial charge in [0.05, 0.1) is 11.4 Å². The summed E-state index contributed by atoms with van der Waals surface area (Å²) < 4.78 is 0. The van der Waals surface area contributed by atoms with Crippen molar-refractivity contribution in [1.82, 2.24) is 4.98 Å². The third-order valence-corrected chi connectivity index (χ3v) is 2.24. The lowest BCUT2D eigenvalue weighted by atomic mass is 10.2. The number of pyridine rings is 1. The van der Waals surface area contributed by atoms with E-state index in [9.17, 15) is 0 Å². The van der Waals surface area contributed by atoms with Gasteiger partial charge in [0.25, 0.3) is 0 Å². The first-order valence-electron chi connectivity index (χ1n) is 3.86. The van der Waals surface area contributed by atoms with E-state index in [-0.39, 0.29) is 0 Å². The van der Waals surface area contributed by atoms with Gasteiger partial charge in [0.1, 0.15) is 0 Å². The molecule has 64 valence electrons. The Hall–Kier alpha value is -0.700. The lowest BCUT2D eigenvalue weighted by Crippen LogP contribution is -2.02. The first-order valence-corrected chi connectivity index (χ1v) is 4.98. The second-order valence-electron chi connectivity index (χ2n) is 2.52. The van der Waals surface area contributed by atoms with Crippen LogP contribution >= 0.6 is 15.9 Å². The second kappa shape index (κ2) is 4.36. The minimum Gasteiger partial charge on any atom is -0.302 e. The molecule has 12 heavy (non-hydrogen) atoms. The van der Waals surface area contributed by atoms with Crippen molar-refractivity contribution in [3.63, 3.8) is 0 Å². The molecule has 0 spiro atoms. The monoisotopic (exact) mass is 226 g/mol. The highest BCUT2D eigenvalue weighted by atomic mass is 79.9. The lowest BCUT2D eigenvalue weighted by Gasteiger charge is -1.99. The van der Waals surface area contributed by atoms with Gasteiger partial charge < -0.3 is 5.41 Å². The highest BCUT2D eigenvalue weighted by molar-refractivity contribution is 9.09. The van der Waals surface area contributed by atoms with E-state index in [0.717, 1.165) is 12.1 Å². The summed E-state index contributed by atoms with van der Waals surface area (Å²) in [5.74, 6) is 0. The molecule has 0 radical (unpaired) electrons. The first-order chi connectivity index (χ1) is 5.77. The number of aromatic nitrogens is 1. The molecule has 0 unspecified atom stereocenters. The number of alkyl halides is 1. The van der Waals surface area contributed by atoms with Crippen LogP contribution in [0.2, 0.25) is 0 Å². The van der Waals surface area contributed by atoms with Crippen LogP contribution in [0.5, 0.6) is 0 Å². The molecule has 0 atom stereocenters. The van der Waals surface area contributed by atoms with Gasteiger partial charge in [-0.1, -0.05) is 28.9 Å². The topological polar surface area (TPSA) is 36.7 Å². The molecule has 0 aromatic carbocycles. The number of rotatable bonds is 3. The fourth-order valence-electron chi connectivity index (χ4n) is 0.881. The van der Waals surface area contributed by atoms with Gasteiger partial charge in [0.15, 0.2) is 0 Å². The Bertz CT molecular complexity index is 266. The van der Waals surface area contributed by atoms with Crippen molar-refractivity contribution >= 4 is 21.6 Å². The van der Waals surface area contributed by atoms with Gasteiger partial charge >= 0.3 is 0 Å². The summed E-state index contributed by atoms with van der Waals surface area (Å²) in [4.78, 5) is 4.17. The molecule has 0 aliphatic carbocycles. The van der Waals surface area contributed by atoms with Gasteiger partial charge in [0, 0.05) is 11.5 Å². The maximum atomic E-state index is 7.50. The largest absolute Gasteiger partial charge is 0.302 e. The number of hydrogen-bond donors (Lipinski definition) is 1. The summed E-state index contributed by atoms with van der Waals surface area (Å²) in [7, 11) is 0. The molecule has 0 aliphatic rings. The van der Waals surface area contributed by atoms with Crippen molar-refractivity contribution in [2.75, 3.05) is 5.33 Å². The molecule has 0 saturated heterocycles. The molecular weight excluding hydrogens is 216 g/mol. The summed E-state index contributed by atoms with van der Waals surface area (Å²) in [5.41, 5.74) is 2.49. The summed E-state index contributed by atoms with van der Waals surface area (Å²) in [5, 5.41) is 8.06. The molecule has 2 nitrogen and oxygen atoms in total. The predicted octanol–water partition coefficient (Wildman–Crippen LogP) is 2.41. The van der Waals surface area contributed by atoms with E-state index in [1.807, 2.05) is 18.3 Å². The molecule has 0 fully saturated rings. The molecule has 1 aromatic rings. The Morgan fingerprint density at radius 2 is 2.33 bits per heavy atom. The lowest BCUT2D eigenvalue weighted by molar-refractivity contribution is 1.10. The average molecular weight is 227 g/mol. The highest BCUT2D eigenvalue weighted by Gasteiger charge is 1.99. The maximum absolute atomic E-state index is 7.50. The molecule has 0 bridgehead atoms. The quantitative estimate of drug-likeness (QED) is 0.624. The minimum absolute atomic E-state index is 0.526. The molecule has 3 heteroatoms. The summed E-state index contributed by atoms with van der Waals surface area (Å²) in [6, 6.07) is 3.90. The average Bonchev–Trinajstić information content (AvgIpc) is 2.17. The Kier molecular flexibility index (Phi) is 3.41. The molecule has 1 rings (SSSR count). The Morgan fingerprint density at radius 3 is 2.75 bits per heavy atom. The summed E-state index contributed by atoms with van der Waals surface area (Å²) in [6.45, 7) is 2.09. The number of aryl methyl sites for hydroxylation is 1. The fraction of sp³-hybridized carbons (Fsp3) is 0.333. The Morgan fingerprint density at radius 1 is 1.58 bits per heavy atom. The normalized spacial score (nSPS) is 9.83. The van der Waals surface area contributed by atoms with Crippen LogP contribution in [0.25, 0.3) is 0 Å². The van der Waals surface area contributed by atoms with E-state index in [2.05, 4.69) is 27.8 Å². The minimum atomic E-state index is 0.526. The van der Waals surface area contributed by atoms with Crippen LogP contribution in [0.3, 0.4) is 0 Å². The van der Waals surface area contributed by atoms with Gasteiger partial charge in [-0.25, -0.2) is 0 Å². The standard InChI is InChI=1S/C9H11BrN2/c1-2-7-3-4-9(12-6-7)8(11)5-10/h3-4,6,11H,2,5H2,1H3. The van der Waals surface area contributed by atoms with Crippen molar-refractivity contribution in [1.29, 1.82) is 5.41 Å². The van der Waals surface area contributed by atoms with E-state index >= 15 is 0 Å². The smallest absolute Gasteiger partial charge is 0.0846 e. The van der Waals surface area contributed by atoms with E-state index in [1.54, 1.807) is 0 Å². The summed E-state index contributed by atoms with van der Waals surface area (Å²) in [6.07, 6.45) is 2.82. The van der Waals surface area contributed by atoms with Crippen LogP contribution in [0, 0.1) is 5.41 Å². The van der Waals surface area contributed by atoms with Crippen LogP contribution in [-0.4, -0.2) is 16.0 Å². The van der Waals surface area contributed by atoms with E-state index in [4.69, 9.17) is 5.41 Å². The molecule has 0 aliphatic heterocycles. The van der Waals surface area contributed by atoms with Gasteiger partial charge in [0.2, 0.25) is 0 Å². The van der Waals surface area contributed by atoms with Gasteiger partial charge in [-0.15, -0.1) is 0 Å². The van der Waals surface area contributed by atoms with Gasteiger partial charge in [-0.3, -0.25) is 4.98 Å². The van der Waals surface area contributed by atoms with Crippen LogP contribution in [0.15, 0.2) is 18.3 Å². The van der Waals surface area contributed by atoms with Crippen molar-refractivity contribution in [2.24, 2.45) is 0 Å². The van der Waals surface area contributed by atoms with Crippen LogP contribution < -0.4 is 0 Å². The first kappa shape index (κ1) is 9.39. The Balaban J connectivity index is 2.84. The Labute approximate surface area is 80.7 Å². The molecule has 1 heterocycles. The molecule has 0 saturated carbocycles. The van der Waals surface area contributed by atoms with Crippen LogP contribution in [0.1, 0.15) is 18.2 Å². The fourth-order valence-corrected chi connectivity index (χ4v) is 1.17. The molecular formula is C9H11BrN2. The number of hydrogen-bond acceptors (Lipinski definition) is 2. The predicted molar refractivity (Wildman–Crippen MR) is 54.2 cm³/mol. The van der Waals surface area contributed by atoms with Crippen molar-refractivity contribution in [3.05, 3.63) is 29.6 Å². The van der Waals surface area contributed by atoms with E-state index < -0.39 is 0 Å². The highest BCUT2D eigenvalue weighted by Crippen LogP contribution is 2.02. The van der Waals surface area contributed by atoms with Crippen LogP contribution in [-0.2, 0) is 6.42 Å². The van der Waals surface area contributed by atoms with Gasteiger partial charge in [-0.2, -0.15) is 0 Å². The zero-order chi connectivity index (χ0) is 8.97. The van der Waals surface area contributed by atoms with Crippen molar-refractivity contribution < 1.29 is 0 Å². The van der Waals surface area contributed by atoms with Crippen LogP contribution in [0.4, 0.5) is 0 Å². The molecule has 0 amide bonds. The van der Waals surface area contributed by atoms with Crippen molar-refractivity contribution in [3.8, 4) is 0 Å². The molecule has 1 N–H and O–H groups in total. The third-order valence-electron chi connectivity index (χ3n) is 1.68.